The van der Waals surface area contributed by atoms with Crippen LogP contribution >= 0.6 is 0 Å². The lowest BCUT2D eigenvalue weighted by Gasteiger charge is -2.22. The number of rotatable bonds is 5. The van der Waals surface area contributed by atoms with E-state index in [1.165, 1.54) is 0 Å². The lowest BCUT2D eigenvalue weighted by molar-refractivity contribution is 0.125. The van der Waals surface area contributed by atoms with Gasteiger partial charge in [0, 0.05) is 6.54 Å². The maximum Gasteiger partial charge on any atom is 0.239 e. The van der Waals surface area contributed by atoms with Crippen LogP contribution in [0.4, 0.5) is 11.5 Å². The Balaban J connectivity index is 2.74. The first kappa shape index (κ1) is 14.6. The van der Waals surface area contributed by atoms with E-state index in [1.54, 1.807) is 12.1 Å². The monoisotopic (exact) mass is 253 g/mol. The number of aliphatic hydroxyl groups is 1. The molecule has 0 amide bonds. The number of nitrogens with one attached hydrogen (secondary N) is 1. The molecule has 0 radical (unpaired) electrons. The van der Waals surface area contributed by atoms with Crippen molar-refractivity contribution in [3.63, 3.8) is 0 Å². The van der Waals surface area contributed by atoms with Crippen LogP contribution in [0.1, 0.15) is 34.1 Å². The topological polar surface area (TPSA) is 80.4 Å². The third kappa shape index (κ3) is 4.79. The molecule has 0 fully saturated rings. The van der Waals surface area contributed by atoms with Gasteiger partial charge < -0.3 is 20.9 Å². The van der Waals surface area contributed by atoms with Gasteiger partial charge >= 0.3 is 0 Å². The van der Waals surface area contributed by atoms with Gasteiger partial charge in [0.2, 0.25) is 5.88 Å². The molecule has 102 valence electrons. The molecular weight excluding hydrogens is 230 g/mol. The minimum absolute atomic E-state index is 0.345. The van der Waals surface area contributed by atoms with Crippen LogP contribution in [-0.4, -0.2) is 28.3 Å². The third-order valence-electron chi connectivity index (χ3n) is 2.28. The molecule has 5 nitrogen and oxygen atoms in total. The van der Waals surface area contributed by atoms with E-state index in [4.69, 9.17) is 10.5 Å². The van der Waals surface area contributed by atoms with Crippen molar-refractivity contribution in [2.24, 2.45) is 0 Å². The van der Waals surface area contributed by atoms with Gasteiger partial charge in [-0.2, -0.15) is 4.98 Å². The Morgan fingerprint density at radius 2 is 2.11 bits per heavy atom. The van der Waals surface area contributed by atoms with Crippen molar-refractivity contribution < 1.29 is 9.84 Å². The molecule has 0 aliphatic rings. The Morgan fingerprint density at radius 1 is 1.44 bits per heavy atom. The molecule has 1 heterocycles. The molecule has 5 heteroatoms. The molecule has 1 aromatic rings. The van der Waals surface area contributed by atoms with Gasteiger partial charge in [-0.1, -0.05) is 6.92 Å². The third-order valence-corrected chi connectivity index (χ3v) is 2.28. The highest BCUT2D eigenvalue weighted by Crippen LogP contribution is 2.24. The predicted molar refractivity (Wildman–Crippen MR) is 73.8 cm³/mol. The second-order valence-electron chi connectivity index (χ2n) is 5.25. The average molecular weight is 253 g/mol. The van der Waals surface area contributed by atoms with Gasteiger partial charge in [0.05, 0.1) is 11.8 Å². The summed E-state index contributed by atoms with van der Waals surface area (Å²) in [6.07, 6.45) is 0.323. The molecule has 0 saturated heterocycles. The minimum atomic E-state index is -0.378. The number of aromatic nitrogens is 1. The summed E-state index contributed by atoms with van der Waals surface area (Å²) in [6, 6.07) is 3.52. The van der Waals surface area contributed by atoms with Crippen molar-refractivity contribution in [2.75, 3.05) is 17.6 Å². The fourth-order valence-electron chi connectivity index (χ4n) is 1.29. The first-order valence-corrected chi connectivity index (χ1v) is 6.19. The smallest absolute Gasteiger partial charge is 0.239 e. The van der Waals surface area contributed by atoms with Crippen molar-refractivity contribution >= 4 is 11.5 Å². The van der Waals surface area contributed by atoms with E-state index < -0.39 is 0 Å². The van der Waals surface area contributed by atoms with Gasteiger partial charge in [-0.25, -0.2) is 0 Å². The molecule has 0 spiro atoms. The number of nitrogens with zero attached hydrogens (tertiary/aromatic N) is 1. The number of nitrogens with two attached hydrogens (primary N) is 1. The number of nitrogen functional groups attached to an aromatic ring is 1. The van der Waals surface area contributed by atoms with E-state index in [-0.39, 0.29) is 11.7 Å². The Bertz CT molecular complexity index is 388. The first-order chi connectivity index (χ1) is 8.31. The summed E-state index contributed by atoms with van der Waals surface area (Å²) in [4.78, 5) is 4.29. The standard InChI is InChI=1S/C13H23N3O2/c1-5-9(17)8-15-11-7-6-10(14)12(16-11)18-13(2,3)4/h6-7,9,17H,5,8,14H2,1-4H3,(H,15,16). The molecule has 4 N–H and O–H groups in total. The summed E-state index contributed by atoms with van der Waals surface area (Å²) in [7, 11) is 0. The van der Waals surface area contributed by atoms with Crippen molar-refractivity contribution in [3.8, 4) is 5.88 Å². The summed E-state index contributed by atoms with van der Waals surface area (Å²) in [5, 5.41) is 12.5. The molecule has 1 atom stereocenters. The van der Waals surface area contributed by atoms with Crippen LogP contribution in [0.15, 0.2) is 12.1 Å². The largest absolute Gasteiger partial charge is 0.470 e. The summed E-state index contributed by atoms with van der Waals surface area (Å²) in [6.45, 7) is 8.21. The zero-order valence-corrected chi connectivity index (χ0v) is 11.5. The fourth-order valence-corrected chi connectivity index (χ4v) is 1.29. The Hall–Kier alpha value is -1.49. The Labute approximate surface area is 108 Å². The number of aliphatic hydroxyl groups excluding tert-OH is 1. The number of ether oxygens (including phenoxy) is 1. The molecular formula is C13H23N3O2. The maximum absolute atomic E-state index is 9.48. The molecule has 0 bridgehead atoms. The predicted octanol–water partition coefficient (Wildman–Crippen LogP) is 2.02. The SMILES string of the molecule is CCC(O)CNc1ccc(N)c(OC(C)(C)C)n1. The van der Waals surface area contributed by atoms with Crippen LogP contribution < -0.4 is 15.8 Å². The number of hydrogen-bond donors (Lipinski definition) is 3. The summed E-state index contributed by atoms with van der Waals surface area (Å²) >= 11 is 0. The van der Waals surface area contributed by atoms with Crippen LogP contribution in [0.25, 0.3) is 0 Å². The van der Waals surface area contributed by atoms with E-state index in [0.29, 0.717) is 30.4 Å². The summed E-state index contributed by atoms with van der Waals surface area (Å²) in [5.74, 6) is 1.06. The normalized spacial score (nSPS) is 13.2. The Morgan fingerprint density at radius 3 is 2.67 bits per heavy atom. The highest BCUT2D eigenvalue weighted by molar-refractivity contribution is 5.53. The van der Waals surface area contributed by atoms with Crippen LogP contribution in [0, 0.1) is 0 Å². The highest BCUT2D eigenvalue weighted by Gasteiger charge is 2.15. The number of pyridine rings is 1. The molecule has 0 aliphatic carbocycles. The minimum Gasteiger partial charge on any atom is -0.470 e. The molecule has 1 aromatic heterocycles. The molecule has 1 rings (SSSR count). The number of hydrogen-bond acceptors (Lipinski definition) is 5. The van der Waals surface area contributed by atoms with Crippen molar-refractivity contribution in [3.05, 3.63) is 12.1 Å². The zero-order valence-electron chi connectivity index (χ0n) is 11.5. The quantitative estimate of drug-likeness (QED) is 0.748. The molecule has 0 aromatic carbocycles. The zero-order chi connectivity index (χ0) is 13.8. The van der Waals surface area contributed by atoms with E-state index in [9.17, 15) is 5.11 Å². The van der Waals surface area contributed by atoms with Crippen LogP contribution in [0.2, 0.25) is 0 Å². The summed E-state index contributed by atoms with van der Waals surface area (Å²) < 4.78 is 5.67. The second-order valence-corrected chi connectivity index (χ2v) is 5.25. The van der Waals surface area contributed by atoms with Crippen LogP contribution in [0.5, 0.6) is 5.88 Å². The van der Waals surface area contributed by atoms with E-state index in [0.717, 1.165) is 0 Å². The fraction of sp³-hybridized carbons (Fsp3) is 0.615. The van der Waals surface area contributed by atoms with Gasteiger partial charge in [0.25, 0.3) is 0 Å². The average Bonchev–Trinajstić information content (AvgIpc) is 2.28. The van der Waals surface area contributed by atoms with E-state index >= 15 is 0 Å². The van der Waals surface area contributed by atoms with Crippen LogP contribution in [-0.2, 0) is 0 Å². The van der Waals surface area contributed by atoms with Gasteiger partial charge in [-0.15, -0.1) is 0 Å². The lowest BCUT2D eigenvalue weighted by atomic mass is 10.2. The second kappa shape index (κ2) is 5.91. The maximum atomic E-state index is 9.48. The Kier molecular flexibility index (Phi) is 4.78. The van der Waals surface area contributed by atoms with Crippen molar-refractivity contribution in [1.82, 2.24) is 4.98 Å². The molecule has 18 heavy (non-hydrogen) atoms. The summed E-state index contributed by atoms with van der Waals surface area (Å²) in [5.41, 5.74) is 5.98. The van der Waals surface area contributed by atoms with Crippen LogP contribution in [0.3, 0.4) is 0 Å². The van der Waals surface area contributed by atoms with Gasteiger partial charge in [-0.3, -0.25) is 0 Å². The molecule has 0 saturated carbocycles. The molecule has 1 unspecified atom stereocenters. The van der Waals surface area contributed by atoms with E-state index in [2.05, 4.69) is 10.3 Å². The lowest BCUT2D eigenvalue weighted by Crippen LogP contribution is -2.24. The van der Waals surface area contributed by atoms with Crippen molar-refractivity contribution in [1.29, 1.82) is 0 Å². The van der Waals surface area contributed by atoms with Gasteiger partial charge in [-0.05, 0) is 39.3 Å². The first-order valence-electron chi connectivity index (χ1n) is 6.19. The number of anilines is 2. The molecule has 0 aliphatic heterocycles. The van der Waals surface area contributed by atoms with Crippen molar-refractivity contribution in [2.45, 2.75) is 45.8 Å². The van der Waals surface area contributed by atoms with E-state index in [1.807, 2.05) is 27.7 Å². The van der Waals surface area contributed by atoms with Gasteiger partial charge in [0.1, 0.15) is 11.4 Å². The van der Waals surface area contributed by atoms with Gasteiger partial charge in [0.15, 0.2) is 0 Å². The highest BCUT2D eigenvalue weighted by atomic mass is 16.5.